The molecule has 9 heteroatoms. The van der Waals surface area contributed by atoms with Crippen LogP contribution in [0.1, 0.15) is 12.8 Å². The Kier molecular flexibility index (Phi) is 9.19. The number of nitrogens with one attached hydrogen (secondary N) is 1. The van der Waals surface area contributed by atoms with E-state index in [1.54, 1.807) is 0 Å². The summed E-state index contributed by atoms with van der Waals surface area (Å²) in [5.74, 6) is 0. The lowest BCUT2D eigenvalue weighted by Gasteiger charge is -2.05. The van der Waals surface area contributed by atoms with Gasteiger partial charge in [0.1, 0.15) is 6.61 Å². The van der Waals surface area contributed by atoms with Crippen molar-refractivity contribution in [1.82, 2.24) is 5.32 Å². The van der Waals surface area contributed by atoms with Crippen LogP contribution in [0, 0.1) is 10.1 Å². The van der Waals surface area contributed by atoms with Crippen molar-refractivity contribution in [2.24, 2.45) is 0 Å². The zero-order valence-corrected chi connectivity index (χ0v) is 9.12. The zero-order chi connectivity index (χ0) is 12.9. The number of hydrogen-bond donors (Lipinski definition) is 1. The van der Waals surface area contributed by atoms with E-state index in [2.05, 4.69) is 19.6 Å². The Morgan fingerprint density at radius 3 is 2.53 bits per heavy atom. The molecule has 0 saturated carbocycles. The van der Waals surface area contributed by atoms with Gasteiger partial charge in [0.2, 0.25) is 6.41 Å². The standard InChI is InChI=1S/C8H14N2O7/c11-7-9-3-6-16-8(12)15-4-1-2-5-17-10(13)14/h7H,1-6H2,(H,9,11). The number of unbranched alkanes of at least 4 members (excludes halogenated alkanes) is 1. The predicted octanol–water partition coefficient (Wildman–Crippen LogP) is -0.126. The number of hydrogen-bond acceptors (Lipinski definition) is 7. The molecule has 9 nitrogen and oxygen atoms in total. The minimum absolute atomic E-state index is 0.0298. The van der Waals surface area contributed by atoms with Gasteiger partial charge < -0.3 is 19.6 Å². The Labute approximate surface area is 97.1 Å². The molecule has 0 aliphatic heterocycles. The molecule has 1 amide bonds. The lowest BCUT2D eigenvalue weighted by Crippen LogP contribution is -2.20. The van der Waals surface area contributed by atoms with E-state index in [4.69, 9.17) is 0 Å². The van der Waals surface area contributed by atoms with E-state index in [0.29, 0.717) is 19.3 Å². The van der Waals surface area contributed by atoms with Crippen molar-refractivity contribution < 1.29 is 29.0 Å². The van der Waals surface area contributed by atoms with Crippen LogP contribution in [-0.4, -0.2) is 44.0 Å². The van der Waals surface area contributed by atoms with Gasteiger partial charge in [-0.1, -0.05) is 0 Å². The summed E-state index contributed by atoms with van der Waals surface area (Å²) in [6.45, 7) is 0.312. The molecule has 0 aliphatic rings. The summed E-state index contributed by atoms with van der Waals surface area (Å²) in [5, 5.41) is 11.2. The summed E-state index contributed by atoms with van der Waals surface area (Å²) in [7, 11) is 0. The minimum atomic E-state index is -0.880. The summed E-state index contributed by atoms with van der Waals surface area (Å²) in [4.78, 5) is 34.5. The van der Waals surface area contributed by atoms with Crippen LogP contribution in [0.15, 0.2) is 0 Å². The van der Waals surface area contributed by atoms with E-state index in [1.807, 2.05) is 0 Å². The summed E-state index contributed by atoms with van der Waals surface area (Å²) < 4.78 is 9.19. The van der Waals surface area contributed by atoms with Crippen LogP contribution >= 0.6 is 0 Å². The third-order valence-corrected chi connectivity index (χ3v) is 1.50. The molecule has 0 fully saturated rings. The zero-order valence-electron chi connectivity index (χ0n) is 9.12. The van der Waals surface area contributed by atoms with E-state index in [1.165, 1.54) is 0 Å². The molecule has 1 N–H and O–H groups in total. The molecular formula is C8H14N2O7. The highest BCUT2D eigenvalue weighted by molar-refractivity contribution is 5.59. The monoisotopic (exact) mass is 250 g/mol. The molecule has 0 unspecified atom stereocenters. The van der Waals surface area contributed by atoms with Crippen LogP contribution < -0.4 is 5.32 Å². The molecular weight excluding hydrogens is 236 g/mol. The lowest BCUT2D eigenvalue weighted by atomic mass is 10.3. The summed E-state index contributed by atoms with van der Waals surface area (Å²) >= 11 is 0. The fourth-order valence-corrected chi connectivity index (χ4v) is 0.793. The second kappa shape index (κ2) is 10.5. The van der Waals surface area contributed by atoms with Crippen molar-refractivity contribution in [3.63, 3.8) is 0 Å². The number of carbonyl (C=O) groups excluding carboxylic acids is 2. The maximum atomic E-state index is 10.8. The Balaban J connectivity index is 3.21. The Morgan fingerprint density at radius 1 is 1.24 bits per heavy atom. The highest BCUT2D eigenvalue weighted by atomic mass is 16.9. The van der Waals surface area contributed by atoms with Crippen LogP contribution in [-0.2, 0) is 19.1 Å². The van der Waals surface area contributed by atoms with Gasteiger partial charge in [0.05, 0.1) is 19.8 Å². The Bertz CT molecular complexity index is 246. The lowest BCUT2D eigenvalue weighted by molar-refractivity contribution is -0.757. The van der Waals surface area contributed by atoms with Gasteiger partial charge in [-0.3, -0.25) is 4.79 Å². The highest BCUT2D eigenvalue weighted by Crippen LogP contribution is 1.93. The van der Waals surface area contributed by atoms with E-state index in [0.717, 1.165) is 0 Å². The molecule has 0 aromatic carbocycles. The molecule has 98 valence electrons. The van der Waals surface area contributed by atoms with E-state index in [-0.39, 0.29) is 26.4 Å². The third-order valence-electron chi connectivity index (χ3n) is 1.50. The molecule has 0 aliphatic carbocycles. The molecule has 0 spiro atoms. The van der Waals surface area contributed by atoms with Gasteiger partial charge in [-0.15, -0.1) is 10.1 Å². The SMILES string of the molecule is O=CNCCOC(=O)OCCCCO[N+](=O)[O-]. The number of amides is 1. The van der Waals surface area contributed by atoms with Crippen molar-refractivity contribution in [2.75, 3.05) is 26.4 Å². The first kappa shape index (κ1) is 14.9. The van der Waals surface area contributed by atoms with Crippen LogP contribution in [0.3, 0.4) is 0 Å². The normalized spacial score (nSPS) is 9.18. The number of rotatable bonds is 10. The molecule has 0 atom stereocenters. The average molecular weight is 250 g/mol. The van der Waals surface area contributed by atoms with Gasteiger partial charge in [0.15, 0.2) is 0 Å². The largest absolute Gasteiger partial charge is 0.508 e. The van der Waals surface area contributed by atoms with Crippen molar-refractivity contribution in [2.45, 2.75) is 12.8 Å². The summed E-state index contributed by atoms with van der Waals surface area (Å²) in [6, 6.07) is 0. The average Bonchev–Trinajstić information content (AvgIpc) is 2.29. The topological polar surface area (TPSA) is 117 Å². The van der Waals surface area contributed by atoms with Gasteiger partial charge >= 0.3 is 6.16 Å². The van der Waals surface area contributed by atoms with Crippen molar-refractivity contribution in [3.8, 4) is 0 Å². The molecule has 0 aromatic rings. The number of carbonyl (C=O) groups is 2. The molecule has 0 aromatic heterocycles. The van der Waals surface area contributed by atoms with Gasteiger partial charge in [-0.2, -0.15) is 0 Å². The molecule has 0 saturated heterocycles. The molecule has 0 radical (unpaired) electrons. The first-order chi connectivity index (χ1) is 8.16. The van der Waals surface area contributed by atoms with Crippen LogP contribution in [0.5, 0.6) is 0 Å². The third kappa shape index (κ3) is 11.9. The van der Waals surface area contributed by atoms with Gasteiger partial charge in [-0.25, -0.2) is 4.79 Å². The van der Waals surface area contributed by atoms with Crippen LogP contribution in [0.2, 0.25) is 0 Å². The molecule has 0 rings (SSSR count). The van der Waals surface area contributed by atoms with E-state index >= 15 is 0 Å². The second-order valence-electron chi connectivity index (χ2n) is 2.78. The van der Waals surface area contributed by atoms with Crippen molar-refractivity contribution >= 4 is 12.6 Å². The number of ether oxygens (including phenoxy) is 2. The van der Waals surface area contributed by atoms with Gasteiger partial charge in [0.25, 0.3) is 5.09 Å². The fraction of sp³-hybridized carbons (Fsp3) is 0.750. The summed E-state index contributed by atoms with van der Waals surface area (Å²) in [5.41, 5.74) is 0. The predicted molar refractivity (Wildman–Crippen MR) is 53.5 cm³/mol. The highest BCUT2D eigenvalue weighted by Gasteiger charge is 2.02. The van der Waals surface area contributed by atoms with Gasteiger partial charge in [-0.05, 0) is 12.8 Å². The van der Waals surface area contributed by atoms with Crippen molar-refractivity contribution in [1.29, 1.82) is 0 Å². The smallest absolute Gasteiger partial charge is 0.434 e. The first-order valence-electron chi connectivity index (χ1n) is 4.90. The summed E-state index contributed by atoms with van der Waals surface area (Å²) in [6.07, 6.45) is 0.494. The second-order valence-corrected chi connectivity index (χ2v) is 2.78. The number of nitrogens with zero attached hydrogens (tertiary/aromatic N) is 1. The maximum Gasteiger partial charge on any atom is 0.508 e. The fourth-order valence-electron chi connectivity index (χ4n) is 0.793. The Morgan fingerprint density at radius 2 is 1.88 bits per heavy atom. The first-order valence-corrected chi connectivity index (χ1v) is 4.90. The van der Waals surface area contributed by atoms with Gasteiger partial charge in [0, 0.05) is 0 Å². The minimum Gasteiger partial charge on any atom is -0.434 e. The quantitative estimate of drug-likeness (QED) is 0.189. The molecule has 0 bridgehead atoms. The van der Waals surface area contributed by atoms with Crippen LogP contribution in [0.4, 0.5) is 4.79 Å². The van der Waals surface area contributed by atoms with Crippen LogP contribution in [0.25, 0.3) is 0 Å². The van der Waals surface area contributed by atoms with E-state index in [9.17, 15) is 19.7 Å². The maximum absolute atomic E-state index is 10.8. The van der Waals surface area contributed by atoms with Crippen molar-refractivity contribution in [3.05, 3.63) is 10.1 Å². The van der Waals surface area contributed by atoms with E-state index < -0.39 is 11.2 Å². The molecule has 0 heterocycles. The molecule has 17 heavy (non-hydrogen) atoms. The Hall–Kier alpha value is -2.06.